The molecule has 3 aromatic carbocycles. The number of hydrogen-bond donors (Lipinski definition) is 1. The fourth-order valence-electron chi connectivity index (χ4n) is 3.59. The Kier molecular flexibility index (Phi) is 5.17. The number of nitrogens with one attached hydrogen (secondary N) is 1. The standard InChI is InChI=1S/C24H18ClN5O2/c1-2-21-22(24(31)26-17-10-8-16(25)9-11-17)27-29-30(21)18-12-13-20-19(14-18)23(32-28-20)15-6-4-3-5-7-15/h3-14H,2H2,1H3,(H,26,31). The Morgan fingerprint density at radius 2 is 1.84 bits per heavy atom. The van der Waals surface area contributed by atoms with E-state index >= 15 is 0 Å². The van der Waals surface area contributed by atoms with E-state index in [1.165, 1.54) is 0 Å². The molecule has 0 aliphatic carbocycles. The van der Waals surface area contributed by atoms with E-state index in [9.17, 15) is 4.79 Å². The molecule has 0 aliphatic rings. The highest BCUT2D eigenvalue weighted by Crippen LogP contribution is 2.30. The van der Waals surface area contributed by atoms with Gasteiger partial charge in [-0.05, 0) is 48.9 Å². The zero-order valence-corrected chi connectivity index (χ0v) is 17.9. The number of aromatic nitrogens is 4. The maximum atomic E-state index is 12.8. The number of hydrogen-bond acceptors (Lipinski definition) is 5. The minimum atomic E-state index is -0.327. The Labute approximate surface area is 188 Å². The van der Waals surface area contributed by atoms with Crippen LogP contribution in [0.25, 0.3) is 27.9 Å². The zero-order valence-electron chi connectivity index (χ0n) is 17.1. The number of amides is 1. The van der Waals surface area contributed by atoms with Crippen molar-refractivity contribution in [2.45, 2.75) is 13.3 Å². The summed E-state index contributed by atoms with van der Waals surface area (Å²) in [6.45, 7) is 1.96. The number of benzene rings is 3. The second-order valence-electron chi connectivity index (χ2n) is 7.19. The van der Waals surface area contributed by atoms with E-state index < -0.39 is 0 Å². The Morgan fingerprint density at radius 3 is 2.59 bits per heavy atom. The molecule has 0 fully saturated rings. The summed E-state index contributed by atoms with van der Waals surface area (Å²) < 4.78 is 7.28. The van der Waals surface area contributed by atoms with Gasteiger partial charge in [-0.15, -0.1) is 5.10 Å². The average Bonchev–Trinajstić information content (AvgIpc) is 3.45. The average molecular weight is 444 g/mol. The summed E-state index contributed by atoms with van der Waals surface area (Å²) in [6, 6.07) is 22.4. The molecule has 0 spiro atoms. The maximum Gasteiger partial charge on any atom is 0.278 e. The molecule has 158 valence electrons. The number of fused-ring (bicyclic) bond motifs is 1. The largest absolute Gasteiger partial charge is 0.355 e. The van der Waals surface area contributed by atoms with Crippen LogP contribution in [0.5, 0.6) is 0 Å². The molecular weight excluding hydrogens is 426 g/mol. The zero-order chi connectivity index (χ0) is 22.1. The van der Waals surface area contributed by atoms with Crippen LogP contribution in [0.15, 0.2) is 77.3 Å². The van der Waals surface area contributed by atoms with Crippen LogP contribution >= 0.6 is 11.6 Å². The summed E-state index contributed by atoms with van der Waals surface area (Å²) >= 11 is 5.92. The van der Waals surface area contributed by atoms with Crippen molar-refractivity contribution in [3.63, 3.8) is 0 Å². The summed E-state index contributed by atoms with van der Waals surface area (Å²) in [5.74, 6) is 0.354. The quantitative estimate of drug-likeness (QED) is 0.385. The van der Waals surface area contributed by atoms with E-state index in [0.717, 1.165) is 22.2 Å². The molecule has 0 aliphatic heterocycles. The number of carbonyl (C=O) groups is 1. The highest BCUT2D eigenvalue weighted by atomic mass is 35.5. The van der Waals surface area contributed by atoms with Crippen LogP contribution in [0.3, 0.4) is 0 Å². The summed E-state index contributed by atoms with van der Waals surface area (Å²) in [5, 5.41) is 16.9. The van der Waals surface area contributed by atoms with Crippen LogP contribution in [0.2, 0.25) is 5.02 Å². The molecule has 0 saturated heterocycles. The van der Waals surface area contributed by atoms with Gasteiger partial charge in [0.1, 0.15) is 5.52 Å². The van der Waals surface area contributed by atoms with E-state index in [-0.39, 0.29) is 11.6 Å². The second-order valence-corrected chi connectivity index (χ2v) is 7.63. The van der Waals surface area contributed by atoms with Crippen LogP contribution in [0, 0.1) is 0 Å². The van der Waals surface area contributed by atoms with Crippen molar-refractivity contribution in [1.29, 1.82) is 0 Å². The first-order chi connectivity index (χ1) is 15.6. The van der Waals surface area contributed by atoms with Crippen molar-refractivity contribution in [3.05, 3.63) is 89.2 Å². The predicted octanol–water partition coefficient (Wildman–Crippen LogP) is 5.54. The first-order valence-corrected chi connectivity index (χ1v) is 10.5. The van der Waals surface area contributed by atoms with Gasteiger partial charge < -0.3 is 9.84 Å². The van der Waals surface area contributed by atoms with Crippen LogP contribution in [-0.4, -0.2) is 26.1 Å². The van der Waals surface area contributed by atoms with E-state index in [1.807, 2.05) is 55.5 Å². The first kappa shape index (κ1) is 20.0. The summed E-state index contributed by atoms with van der Waals surface area (Å²) in [6.07, 6.45) is 0.573. The Hall–Kier alpha value is -3.97. The third-order valence-corrected chi connectivity index (χ3v) is 5.41. The maximum absolute atomic E-state index is 12.8. The molecule has 1 N–H and O–H groups in total. The number of carbonyl (C=O) groups excluding carboxylic acids is 1. The number of halogens is 1. The fraction of sp³-hybridized carbons (Fsp3) is 0.0833. The van der Waals surface area contributed by atoms with E-state index in [0.29, 0.717) is 28.6 Å². The monoisotopic (exact) mass is 443 g/mol. The molecule has 0 radical (unpaired) electrons. The van der Waals surface area contributed by atoms with E-state index in [1.54, 1.807) is 28.9 Å². The number of rotatable bonds is 5. The van der Waals surface area contributed by atoms with Crippen LogP contribution in [-0.2, 0) is 6.42 Å². The van der Waals surface area contributed by atoms with E-state index in [2.05, 4.69) is 20.8 Å². The van der Waals surface area contributed by atoms with Crippen molar-refractivity contribution in [2.24, 2.45) is 0 Å². The molecule has 0 unspecified atom stereocenters. The lowest BCUT2D eigenvalue weighted by molar-refractivity contribution is 0.102. The van der Waals surface area contributed by atoms with Gasteiger partial charge in [-0.3, -0.25) is 4.79 Å². The van der Waals surface area contributed by atoms with Crippen molar-refractivity contribution in [2.75, 3.05) is 5.32 Å². The SMILES string of the molecule is CCc1c(C(=O)Nc2ccc(Cl)cc2)nnn1-c1ccc2noc(-c3ccccc3)c2c1. The van der Waals surface area contributed by atoms with Gasteiger partial charge in [-0.1, -0.05) is 59.2 Å². The van der Waals surface area contributed by atoms with Crippen LogP contribution < -0.4 is 5.32 Å². The van der Waals surface area contributed by atoms with Gasteiger partial charge in [0, 0.05) is 16.3 Å². The van der Waals surface area contributed by atoms with Gasteiger partial charge in [0.15, 0.2) is 11.5 Å². The van der Waals surface area contributed by atoms with Gasteiger partial charge >= 0.3 is 0 Å². The van der Waals surface area contributed by atoms with Crippen molar-refractivity contribution < 1.29 is 9.32 Å². The topological polar surface area (TPSA) is 85.8 Å². The predicted molar refractivity (Wildman–Crippen MR) is 123 cm³/mol. The minimum absolute atomic E-state index is 0.274. The molecule has 5 aromatic rings. The number of anilines is 1. The summed E-state index contributed by atoms with van der Waals surface area (Å²) in [5.41, 5.74) is 4.06. The molecule has 7 nitrogen and oxygen atoms in total. The molecule has 0 bridgehead atoms. The molecule has 0 saturated carbocycles. The molecule has 5 rings (SSSR count). The van der Waals surface area contributed by atoms with Gasteiger partial charge in [0.25, 0.3) is 5.91 Å². The molecule has 8 heteroatoms. The molecule has 32 heavy (non-hydrogen) atoms. The highest BCUT2D eigenvalue weighted by Gasteiger charge is 2.20. The number of nitrogens with zero attached hydrogens (tertiary/aromatic N) is 4. The van der Waals surface area contributed by atoms with Gasteiger partial charge in [-0.25, -0.2) is 4.68 Å². The minimum Gasteiger partial charge on any atom is -0.355 e. The van der Waals surface area contributed by atoms with Crippen molar-refractivity contribution >= 4 is 34.1 Å². The smallest absolute Gasteiger partial charge is 0.278 e. The Morgan fingerprint density at radius 1 is 1.06 bits per heavy atom. The second kappa shape index (κ2) is 8.28. The van der Waals surface area contributed by atoms with E-state index in [4.69, 9.17) is 16.1 Å². The lowest BCUT2D eigenvalue weighted by Gasteiger charge is -2.07. The van der Waals surface area contributed by atoms with Crippen LogP contribution in [0.4, 0.5) is 5.69 Å². The lowest BCUT2D eigenvalue weighted by atomic mass is 10.1. The van der Waals surface area contributed by atoms with Crippen molar-refractivity contribution in [3.8, 4) is 17.0 Å². The molecule has 0 atom stereocenters. The summed E-state index contributed by atoms with van der Waals surface area (Å²) in [4.78, 5) is 12.8. The third kappa shape index (κ3) is 3.63. The molecule has 2 heterocycles. The molecule has 2 aromatic heterocycles. The Bertz CT molecular complexity index is 1410. The first-order valence-electron chi connectivity index (χ1n) is 10.1. The van der Waals surface area contributed by atoms with Crippen LogP contribution in [0.1, 0.15) is 23.1 Å². The highest BCUT2D eigenvalue weighted by molar-refractivity contribution is 6.30. The molecule has 1 amide bonds. The normalized spacial score (nSPS) is 11.1. The lowest BCUT2D eigenvalue weighted by Crippen LogP contribution is -2.15. The van der Waals surface area contributed by atoms with Crippen molar-refractivity contribution in [1.82, 2.24) is 20.2 Å². The molecular formula is C24H18ClN5O2. The third-order valence-electron chi connectivity index (χ3n) is 5.16. The van der Waals surface area contributed by atoms with Gasteiger partial charge in [-0.2, -0.15) is 0 Å². The Balaban J connectivity index is 1.52. The fourth-order valence-corrected chi connectivity index (χ4v) is 3.71. The van der Waals surface area contributed by atoms with Gasteiger partial charge in [0.05, 0.1) is 16.8 Å². The summed E-state index contributed by atoms with van der Waals surface area (Å²) in [7, 11) is 0. The van der Waals surface area contributed by atoms with Gasteiger partial charge in [0.2, 0.25) is 0 Å².